The fourth-order valence-electron chi connectivity index (χ4n) is 4.47. The van der Waals surface area contributed by atoms with Gasteiger partial charge in [0.2, 0.25) is 0 Å². The molecule has 5 rings (SSSR count). The average Bonchev–Trinajstić information content (AvgIpc) is 3.19. The van der Waals surface area contributed by atoms with Crippen molar-refractivity contribution in [2.45, 2.75) is 19.8 Å². The minimum atomic E-state index is -1.14. The Morgan fingerprint density at radius 3 is 2.38 bits per heavy atom. The number of esters is 1. The molecule has 0 unspecified atom stereocenters. The lowest BCUT2D eigenvalue weighted by Gasteiger charge is -2.20. The summed E-state index contributed by atoms with van der Waals surface area (Å²) in [5.41, 5.74) is 7.52. The van der Waals surface area contributed by atoms with Gasteiger partial charge in [-0.1, -0.05) is 54.6 Å². The number of carbonyl (C=O) groups is 2. The van der Waals surface area contributed by atoms with E-state index in [-0.39, 0.29) is 11.3 Å². The van der Waals surface area contributed by atoms with Crippen molar-refractivity contribution >= 4 is 11.9 Å². The van der Waals surface area contributed by atoms with Crippen molar-refractivity contribution in [1.82, 2.24) is 4.57 Å². The zero-order valence-corrected chi connectivity index (χ0v) is 17.5. The Morgan fingerprint density at radius 2 is 1.62 bits per heavy atom. The number of nitrogens with zero attached hydrogens (tertiary/aromatic N) is 1. The highest BCUT2D eigenvalue weighted by atomic mass is 16.5. The van der Waals surface area contributed by atoms with Crippen LogP contribution in [0.5, 0.6) is 5.75 Å². The van der Waals surface area contributed by atoms with Gasteiger partial charge in [0.15, 0.2) is 0 Å². The largest absolute Gasteiger partial charge is 0.478 e. The third-order valence-corrected chi connectivity index (χ3v) is 5.82. The van der Waals surface area contributed by atoms with Gasteiger partial charge in [0.1, 0.15) is 11.3 Å². The lowest BCUT2D eigenvalue weighted by atomic mass is 9.90. The number of aromatic nitrogens is 1. The van der Waals surface area contributed by atoms with Crippen LogP contribution in [0.4, 0.5) is 0 Å². The summed E-state index contributed by atoms with van der Waals surface area (Å²) in [4.78, 5) is 23.4. The monoisotopic (exact) mass is 423 g/mol. The van der Waals surface area contributed by atoms with Crippen LogP contribution in [0.3, 0.4) is 0 Å². The fraction of sp³-hybridized carbons (Fsp3) is 0.111. The van der Waals surface area contributed by atoms with E-state index in [1.807, 2.05) is 24.3 Å². The fourth-order valence-corrected chi connectivity index (χ4v) is 4.47. The number of carboxylic acid groups (broad SMARTS) is 1. The second kappa shape index (κ2) is 7.85. The van der Waals surface area contributed by atoms with Crippen LogP contribution in [0.2, 0.25) is 0 Å². The maximum atomic E-state index is 11.9. The van der Waals surface area contributed by atoms with Gasteiger partial charge < -0.3 is 14.4 Å². The molecule has 1 aliphatic carbocycles. The highest BCUT2D eigenvalue weighted by molar-refractivity contribution is 5.93. The summed E-state index contributed by atoms with van der Waals surface area (Å²) in [6.07, 6.45) is 1.76. The molecule has 0 fully saturated rings. The van der Waals surface area contributed by atoms with E-state index in [9.17, 15) is 14.7 Å². The highest BCUT2D eigenvalue weighted by Crippen LogP contribution is 2.41. The Labute approximate surface area is 185 Å². The number of ether oxygens (including phenoxy) is 1. The van der Waals surface area contributed by atoms with Crippen LogP contribution < -0.4 is 4.74 Å². The summed E-state index contributed by atoms with van der Waals surface area (Å²) in [6.45, 7) is 1.26. The quantitative estimate of drug-likeness (QED) is 0.346. The minimum Gasteiger partial charge on any atom is -0.478 e. The van der Waals surface area contributed by atoms with Gasteiger partial charge in [-0.15, -0.1) is 0 Å². The predicted octanol–water partition coefficient (Wildman–Crippen LogP) is 5.53. The van der Waals surface area contributed by atoms with Crippen molar-refractivity contribution in [2.75, 3.05) is 0 Å². The molecule has 0 spiro atoms. The zero-order valence-electron chi connectivity index (χ0n) is 17.5. The van der Waals surface area contributed by atoms with Crippen molar-refractivity contribution in [3.63, 3.8) is 0 Å². The van der Waals surface area contributed by atoms with E-state index in [0.29, 0.717) is 0 Å². The van der Waals surface area contributed by atoms with Crippen LogP contribution >= 0.6 is 0 Å². The lowest BCUT2D eigenvalue weighted by Crippen LogP contribution is -2.11. The van der Waals surface area contributed by atoms with Crippen molar-refractivity contribution in [1.29, 1.82) is 0 Å². The summed E-state index contributed by atoms with van der Waals surface area (Å²) in [7, 11) is 0. The van der Waals surface area contributed by atoms with Gasteiger partial charge in [-0.2, -0.15) is 0 Å². The SMILES string of the molecule is CC(=O)Oc1ccc(-n2c(-c3ccccc3)cc3c2CCc2ccccc2-3)cc1C(=O)O. The second-order valence-electron chi connectivity index (χ2n) is 7.83. The number of hydrogen-bond acceptors (Lipinski definition) is 3. The summed E-state index contributed by atoms with van der Waals surface area (Å²) >= 11 is 0. The molecule has 32 heavy (non-hydrogen) atoms. The third-order valence-electron chi connectivity index (χ3n) is 5.82. The first-order valence-electron chi connectivity index (χ1n) is 10.5. The van der Waals surface area contributed by atoms with Crippen molar-refractivity contribution < 1.29 is 19.4 Å². The maximum Gasteiger partial charge on any atom is 0.339 e. The molecule has 0 saturated carbocycles. The first-order valence-corrected chi connectivity index (χ1v) is 10.5. The minimum absolute atomic E-state index is 0.0429. The molecule has 5 nitrogen and oxygen atoms in total. The Morgan fingerprint density at radius 1 is 0.875 bits per heavy atom. The molecule has 5 heteroatoms. The average molecular weight is 423 g/mol. The molecule has 1 aromatic heterocycles. The molecule has 3 aromatic carbocycles. The Balaban J connectivity index is 1.76. The van der Waals surface area contributed by atoms with Gasteiger partial charge in [-0.05, 0) is 53.8 Å². The smallest absolute Gasteiger partial charge is 0.339 e. The van der Waals surface area contributed by atoms with Crippen LogP contribution in [0, 0.1) is 0 Å². The van der Waals surface area contributed by atoms with E-state index in [4.69, 9.17) is 4.74 Å². The molecule has 0 aliphatic heterocycles. The van der Waals surface area contributed by atoms with E-state index in [1.165, 1.54) is 18.1 Å². The van der Waals surface area contributed by atoms with Gasteiger partial charge in [0, 0.05) is 23.9 Å². The molecule has 158 valence electrons. The Kier molecular flexibility index (Phi) is 4.86. The van der Waals surface area contributed by atoms with Crippen LogP contribution in [0.25, 0.3) is 28.1 Å². The maximum absolute atomic E-state index is 11.9. The van der Waals surface area contributed by atoms with E-state index < -0.39 is 11.9 Å². The molecule has 4 aromatic rings. The zero-order chi connectivity index (χ0) is 22.2. The van der Waals surface area contributed by atoms with Crippen LogP contribution in [-0.2, 0) is 17.6 Å². The number of rotatable bonds is 4. The van der Waals surface area contributed by atoms with E-state index in [0.717, 1.165) is 41.0 Å². The van der Waals surface area contributed by atoms with E-state index >= 15 is 0 Å². The van der Waals surface area contributed by atoms with Gasteiger partial charge in [-0.25, -0.2) is 4.79 Å². The van der Waals surface area contributed by atoms with Crippen LogP contribution in [0.1, 0.15) is 28.5 Å². The first-order chi connectivity index (χ1) is 15.5. The van der Waals surface area contributed by atoms with Crippen molar-refractivity contribution in [2.24, 2.45) is 0 Å². The molecular weight excluding hydrogens is 402 g/mol. The number of benzene rings is 3. The molecule has 0 saturated heterocycles. The van der Waals surface area contributed by atoms with Gasteiger partial charge >= 0.3 is 11.9 Å². The topological polar surface area (TPSA) is 68.5 Å². The predicted molar refractivity (Wildman–Crippen MR) is 122 cm³/mol. The Bertz CT molecular complexity index is 1350. The van der Waals surface area contributed by atoms with Gasteiger partial charge in [0.05, 0.1) is 5.69 Å². The van der Waals surface area contributed by atoms with E-state index in [2.05, 4.69) is 41.0 Å². The molecule has 1 heterocycles. The van der Waals surface area contributed by atoms with E-state index in [1.54, 1.807) is 18.2 Å². The number of carboxylic acids is 1. The summed E-state index contributed by atoms with van der Waals surface area (Å²) in [5.74, 6) is -1.66. The summed E-state index contributed by atoms with van der Waals surface area (Å²) in [6, 6.07) is 25.6. The lowest BCUT2D eigenvalue weighted by molar-refractivity contribution is -0.131. The van der Waals surface area contributed by atoms with Crippen LogP contribution in [0.15, 0.2) is 78.9 Å². The van der Waals surface area contributed by atoms with Crippen molar-refractivity contribution in [3.05, 3.63) is 95.7 Å². The number of carbonyl (C=O) groups excluding carboxylic acids is 1. The molecule has 0 amide bonds. The number of aromatic carboxylic acids is 1. The molecule has 0 radical (unpaired) electrons. The van der Waals surface area contributed by atoms with Crippen LogP contribution in [-0.4, -0.2) is 21.6 Å². The molecule has 0 bridgehead atoms. The normalized spacial score (nSPS) is 12.0. The molecular formula is C27H21NO4. The number of hydrogen-bond donors (Lipinski definition) is 1. The molecule has 1 N–H and O–H groups in total. The van der Waals surface area contributed by atoms with Crippen molar-refractivity contribution in [3.8, 4) is 33.8 Å². The number of aryl methyl sites for hydroxylation is 1. The van der Waals surface area contributed by atoms with Gasteiger partial charge in [0.25, 0.3) is 0 Å². The molecule has 0 atom stereocenters. The summed E-state index contributed by atoms with van der Waals surface area (Å²) < 4.78 is 7.25. The molecule has 1 aliphatic rings. The Hall–Kier alpha value is -4.12. The highest BCUT2D eigenvalue weighted by Gasteiger charge is 2.25. The third kappa shape index (κ3) is 3.38. The number of fused-ring (bicyclic) bond motifs is 3. The summed E-state index contributed by atoms with van der Waals surface area (Å²) in [5, 5.41) is 9.75. The first kappa shape index (κ1) is 19.8. The van der Waals surface area contributed by atoms with Gasteiger partial charge in [-0.3, -0.25) is 4.79 Å². The second-order valence-corrected chi connectivity index (χ2v) is 7.83. The standard InChI is InChI=1S/C27H21NO4/c1-17(29)32-26-14-12-20(15-23(26)27(30)31)28-24-13-11-18-7-5-6-10-21(18)22(24)16-25(28)19-8-3-2-4-9-19/h2-10,12,14-16H,11,13H2,1H3,(H,30,31).